The Morgan fingerprint density at radius 3 is 2.62 bits per heavy atom. The van der Waals surface area contributed by atoms with Crippen molar-refractivity contribution in [1.82, 2.24) is 15.5 Å². The number of morpholine rings is 1. The van der Waals surface area contributed by atoms with Gasteiger partial charge in [-0.05, 0) is 43.8 Å². The summed E-state index contributed by atoms with van der Waals surface area (Å²) in [5.74, 6) is -0.188. The predicted molar refractivity (Wildman–Crippen MR) is 113 cm³/mol. The summed E-state index contributed by atoms with van der Waals surface area (Å²) in [5, 5.41) is 18.7. The minimum absolute atomic E-state index is 0.0324. The van der Waals surface area contributed by atoms with Gasteiger partial charge in [0, 0.05) is 49.5 Å². The summed E-state index contributed by atoms with van der Waals surface area (Å²) in [4.78, 5) is 16.5. The summed E-state index contributed by atoms with van der Waals surface area (Å²) in [5.41, 5.74) is 4.43. The topological polar surface area (TPSA) is 92.7 Å². The van der Waals surface area contributed by atoms with Gasteiger partial charge in [0.05, 0.1) is 19.3 Å². The number of nitrogens with zero attached hydrogens (tertiary/aromatic N) is 3. The second-order valence-electron chi connectivity index (χ2n) is 7.04. The molecule has 0 aliphatic carbocycles. The molecule has 2 aliphatic heterocycles. The van der Waals surface area contributed by atoms with Crippen molar-refractivity contribution in [3.05, 3.63) is 47.4 Å². The molecular weight excluding hydrogens is 368 g/mol. The Balaban J connectivity index is 1.70. The van der Waals surface area contributed by atoms with Gasteiger partial charge in [0.15, 0.2) is 0 Å². The van der Waals surface area contributed by atoms with Crippen molar-refractivity contribution in [2.45, 2.75) is 6.92 Å². The molecule has 1 saturated heterocycles. The van der Waals surface area contributed by atoms with Crippen molar-refractivity contribution in [1.29, 1.82) is 5.26 Å². The molecule has 0 saturated carbocycles. The maximum atomic E-state index is 12.7. The number of nitriles is 1. The molecular formula is C21H28N6O2. The van der Waals surface area contributed by atoms with Crippen molar-refractivity contribution >= 4 is 17.3 Å². The highest BCUT2D eigenvalue weighted by Gasteiger charge is 2.24. The first-order valence-electron chi connectivity index (χ1n) is 9.79. The summed E-state index contributed by atoms with van der Waals surface area (Å²) in [6.07, 6.45) is 1.67. The van der Waals surface area contributed by atoms with Crippen LogP contribution in [0.5, 0.6) is 0 Å². The van der Waals surface area contributed by atoms with E-state index >= 15 is 0 Å². The highest BCUT2D eigenvalue weighted by molar-refractivity contribution is 5.96. The van der Waals surface area contributed by atoms with E-state index in [1.807, 2.05) is 20.0 Å². The van der Waals surface area contributed by atoms with Crippen LogP contribution in [0.3, 0.4) is 0 Å². The van der Waals surface area contributed by atoms with Gasteiger partial charge in [-0.15, -0.1) is 0 Å². The Morgan fingerprint density at radius 2 is 1.97 bits per heavy atom. The largest absolute Gasteiger partial charge is 0.381 e. The van der Waals surface area contributed by atoms with Crippen molar-refractivity contribution in [2.75, 3.05) is 63.2 Å². The number of anilines is 2. The fourth-order valence-corrected chi connectivity index (χ4v) is 3.43. The van der Waals surface area contributed by atoms with Crippen molar-refractivity contribution in [3.63, 3.8) is 0 Å². The average molecular weight is 396 g/mol. The summed E-state index contributed by atoms with van der Waals surface area (Å²) in [6, 6.07) is 10.3. The molecule has 1 aromatic carbocycles. The van der Waals surface area contributed by atoms with E-state index in [1.54, 1.807) is 6.20 Å². The summed E-state index contributed by atoms with van der Waals surface area (Å²) < 4.78 is 5.41. The van der Waals surface area contributed by atoms with Crippen molar-refractivity contribution < 1.29 is 9.53 Å². The fraction of sp³-hybridized carbons (Fsp3) is 0.429. The number of benzene rings is 1. The minimum atomic E-state index is -0.188. The van der Waals surface area contributed by atoms with Crippen LogP contribution < -0.4 is 20.9 Å². The number of hydrogen-bond acceptors (Lipinski definition) is 7. The van der Waals surface area contributed by atoms with Gasteiger partial charge in [-0.1, -0.05) is 0 Å². The zero-order valence-electron chi connectivity index (χ0n) is 17.0. The number of allylic oxidation sites excluding steroid dienone is 1. The normalized spacial score (nSPS) is 18.7. The van der Waals surface area contributed by atoms with E-state index in [0.717, 1.165) is 43.3 Å². The molecule has 8 heteroatoms. The highest BCUT2D eigenvalue weighted by atomic mass is 16.5. The van der Waals surface area contributed by atoms with Crippen LogP contribution in [0, 0.1) is 11.3 Å². The van der Waals surface area contributed by atoms with Gasteiger partial charge < -0.3 is 25.6 Å². The van der Waals surface area contributed by atoms with Gasteiger partial charge in [0.1, 0.15) is 12.2 Å². The lowest BCUT2D eigenvalue weighted by Crippen LogP contribution is -2.40. The van der Waals surface area contributed by atoms with Crippen LogP contribution in [-0.2, 0) is 9.53 Å². The Hall–Kier alpha value is -3.02. The second kappa shape index (κ2) is 9.96. The highest BCUT2D eigenvalue weighted by Crippen LogP contribution is 2.20. The van der Waals surface area contributed by atoms with Crippen LogP contribution in [0.2, 0.25) is 0 Å². The van der Waals surface area contributed by atoms with Gasteiger partial charge in [-0.25, -0.2) is 0 Å². The van der Waals surface area contributed by atoms with E-state index in [4.69, 9.17) is 10.00 Å². The quantitative estimate of drug-likeness (QED) is 0.471. The smallest absolute Gasteiger partial charge is 0.275 e. The molecule has 0 aromatic heterocycles. The summed E-state index contributed by atoms with van der Waals surface area (Å²) in [6.45, 7) is 6.32. The molecule has 2 aliphatic rings. The minimum Gasteiger partial charge on any atom is -0.381 e. The lowest BCUT2D eigenvalue weighted by molar-refractivity contribution is -0.125. The van der Waals surface area contributed by atoms with Crippen molar-refractivity contribution in [3.8, 4) is 6.07 Å². The number of rotatable bonds is 7. The van der Waals surface area contributed by atoms with E-state index in [0.29, 0.717) is 18.8 Å². The first-order chi connectivity index (χ1) is 14.1. The Morgan fingerprint density at radius 1 is 1.24 bits per heavy atom. The molecule has 1 amide bonds. The van der Waals surface area contributed by atoms with Crippen molar-refractivity contribution in [2.24, 2.45) is 0 Å². The maximum Gasteiger partial charge on any atom is 0.275 e. The van der Waals surface area contributed by atoms with E-state index < -0.39 is 0 Å². The number of carbonyl (C=O) groups excluding carboxylic acids is 1. The molecule has 2 heterocycles. The van der Waals surface area contributed by atoms with Gasteiger partial charge in [0.2, 0.25) is 0 Å². The van der Waals surface area contributed by atoms with Crippen LogP contribution in [0.15, 0.2) is 47.4 Å². The number of nitrogens with one attached hydrogen (secondary N) is 3. The van der Waals surface area contributed by atoms with Gasteiger partial charge in [0.25, 0.3) is 5.91 Å². The molecule has 0 unspecified atom stereocenters. The maximum absolute atomic E-state index is 12.7. The van der Waals surface area contributed by atoms with Crippen LogP contribution in [0.4, 0.5) is 11.4 Å². The molecule has 3 N–H and O–H groups in total. The number of amides is 1. The SMILES string of the molecule is CNC/C(CNc1ccc(N2CCOCC2)cc1)=C1\NC(C)=CN(CC#N)C1=O. The molecule has 29 heavy (non-hydrogen) atoms. The Kier molecular flexibility index (Phi) is 7.11. The number of carbonyl (C=O) groups is 1. The first kappa shape index (κ1) is 20.7. The van der Waals surface area contributed by atoms with Gasteiger partial charge in [-0.3, -0.25) is 9.69 Å². The van der Waals surface area contributed by atoms with E-state index in [2.05, 4.69) is 45.1 Å². The van der Waals surface area contributed by atoms with Crippen LogP contribution in [0.25, 0.3) is 0 Å². The van der Waals surface area contributed by atoms with Gasteiger partial charge in [-0.2, -0.15) is 5.26 Å². The van der Waals surface area contributed by atoms with E-state index in [1.165, 1.54) is 10.6 Å². The molecule has 154 valence electrons. The van der Waals surface area contributed by atoms with Crippen LogP contribution in [0.1, 0.15) is 6.92 Å². The predicted octanol–water partition coefficient (Wildman–Crippen LogP) is 1.23. The Labute approximate surface area is 171 Å². The molecule has 0 spiro atoms. The molecule has 0 bridgehead atoms. The standard InChI is InChI=1S/C21H28N6O2/c1-16-15-27(8-7-22)21(28)20(25-16)17(13-23-2)14-24-18-3-5-19(6-4-18)26-9-11-29-12-10-26/h3-6,15,23-25H,8-14H2,1-2H3/b20-17+. The Bertz CT molecular complexity index is 819. The number of hydrogen-bond donors (Lipinski definition) is 3. The molecule has 1 aromatic rings. The molecule has 3 rings (SSSR count). The number of likely N-dealkylation sites (N-methyl/N-ethyl adjacent to an activating group) is 1. The zero-order valence-corrected chi connectivity index (χ0v) is 17.0. The summed E-state index contributed by atoms with van der Waals surface area (Å²) in [7, 11) is 1.85. The monoisotopic (exact) mass is 396 g/mol. The third kappa shape index (κ3) is 5.28. The van der Waals surface area contributed by atoms with E-state index in [-0.39, 0.29) is 12.5 Å². The summed E-state index contributed by atoms with van der Waals surface area (Å²) >= 11 is 0. The van der Waals surface area contributed by atoms with Gasteiger partial charge >= 0.3 is 0 Å². The van der Waals surface area contributed by atoms with Crippen LogP contribution >= 0.6 is 0 Å². The fourth-order valence-electron chi connectivity index (χ4n) is 3.43. The molecule has 8 nitrogen and oxygen atoms in total. The molecule has 0 radical (unpaired) electrons. The third-order valence-corrected chi connectivity index (χ3v) is 4.88. The second-order valence-corrected chi connectivity index (χ2v) is 7.04. The van der Waals surface area contributed by atoms with E-state index in [9.17, 15) is 4.79 Å². The zero-order chi connectivity index (χ0) is 20.6. The first-order valence-corrected chi connectivity index (χ1v) is 9.79. The number of ether oxygens (including phenoxy) is 1. The molecule has 0 atom stereocenters. The van der Waals surface area contributed by atoms with Crippen LogP contribution in [-0.4, -0.2) is 63.8 Å². The average Bonchev–Trinajstić information content (AvgIpc) is 2.75. The molecule has 1 fully saturated rings. The third-order valence-electron chi connectivity index (χ3n) is 4.88. The lowest BCUT2D eigenvalue weighted by Gasteiger charge is -2.29. The lowest BCUT2D eigenvalue weighted by atomic mass is 10.1.